The van der Waals surface area contributed by atoms with Gasteiger partial charge in [0, 0.05) is 5.39 Å². The Bertz CT molecular complexity index is 623. The molecular weight excluding hydrogens is 234 g/mol. The first-order valence-corrected chi connectivity index (χ1v) is 6.20. The zero-order valence-corrected chi connectivity index (χ0v) is 10.1. The molecule has 3 rings (SSSR count). The summed E-state index contributed by atoms with van der Waals surface area (Å²) in [7, 11) is 0. The van der Waals surface area contributed by atoms with Crippen LogP contribution >= 0.6 is 11.3 Å². The number of furan rings is 1. The van der Waals surface area contributed by atoms with Crippen molar-refractivity contribution in [1.29, 1.82) is 0 Å². The molecule has 0 aliphatic heterocycles. The Hall–Kier alpha value is -1.65. The third-order valence-electron chi connectivity index (χ3n) is 2.75. The van der Waals surface area contributed by atoms with Crippen molar-refractivity contribution in [1.82, 2.24) is 4.98 Å². The number of hydrogen-bond donors (Lipinski definition) is 1. The summed E-state index contributed by atoms with van der Waals surface area (Å²) in [6.45, 7) is 1.89. The molecule has 3 aromatic rings. The molecular formula is C13H11NO2S. The standard InChI is InChI=1S/C13H11NO2S/c1-8-13(17-7-14-8)12(15)11-6-9-4-2-3-5-10(9)16-11/h2-7,12,15H,1H3. The zero-order valence-electron chi connectivity index (χ0n) is 9.25. The summed E-state index contributed by atoms with van der Waals surface area (Å²) < 4.78 is 5.64. The van der Waals surface area contributed by atoms with Gasteiger partial charge >= 0.3 is 0 Å². The van der Waals surface area contributed by atoms with Gasteiger partial charge in [-0.05, 0) is 19.1 Å². The van der Waals surface area contributed by atoms with Gasteiger partial charge in [0.1, 0.15) is 17.4 Å². The predicted octanol–water partition coefficient (Wildman–Crippen LogP) is 3.28. The molecule has 1 atom stereocenters. The van der Waals surface area contributed by atoms with E-state index in [9.17, 15) is 5.11 Å². The number of benzene rings is 1. The van der Waals surface area contributed by atoms with Crippen LogP contribution in [0, 0.1) is 6.92 Å². The summed E-state index contributed by atoms with van der Waals surface area (Å²) in [6.07, 6.45) is -0.727. The number of aliphatic hydroxyl groups excluding tert-OH is 1. The lowest BCUT2D eigenvalue weighted by Crippen LogP contribution is -1.97. The minimum atomic E-state index is -0.727. The van der Waals surface area contributed by atoms with Gasteiger partial charge in [0.2, 0.25) is 0 Å². The van der Waals surface area contributed by atoms with Gasteiger partial charge in [0.05, 0.1) is 16.1 Å². The van der Waals surface area contributed by atoms with Crippen LogP contribution in [0.1, 0.15) is 22.4 Å². The third-order valence-corrected chi connectivity index (χ3v) is 3.73. The first-order chi connectivity index (χ1) is 8.25. The molecule has 17 heavy (non-hydrogen) atoms. The van der Waals surface area contributed by atoms with Crippen molar-refractivity contribution >= 4 is 22.3 Å². The van der Waals surface area contributed by atoms with Gasteiger partial charge < -0.3 is 9.52 Å². The molecule has 0 aliphatic carbocycles. The molecule has 1 aromatic carbocycles. The maximum Gasteiger partial charge on any atom is 0.148 e. The van der Waals surface area contributed by atoms with Gasteiger partial charge in [-0.1, -0.05) is 18.2 Å². The third kappa shape index (κ3) is 1.75. The van der Waals surface area contributed by atoms with Crippen LogP contribution in [0.15, 0.2) is 40.3 Å². The van der Waals surface area contributed by atoms with Crippen molar-refractivity contribution in [3.63, 3.8) is 0 Å². The fourth-order valence-electron chi connectivity index (χ4n) is 1.84. The van der Waals surface area contributed by atoms with Crippen LogP contribution in [-0.2, 0) is 0 Å². The zero-order chi connectivity index (χ0) is 11.8. The van der Waals surface area contributed by atoms with Gasteiger partial charge in [0.15, 0.2) is 0 Å². The predicted molar refractivity (Wildman–Crippen MR) is 67.1 cm³/mol. The Morgan fingerprint density at radius 3 is 2.88 bits per heavy atom. The Morgan fingerprint density at radius 2 is 2.18 bits per heavy atom. The molecule has 1 unspecified atom stereocenters. The Labute approximate surface area is 102 Å². The molecule has 0 saturated heterocycles. The Morgan fingerprint density at radius 1 is 1.35 bits per heavy atom. The summed E-state index contributed by atoms with van der Waals surface area (Å²) >= 11 is 1.44. The summed E-state index contributed by atoms with van der Waals surface area (Å²) in [6, 6.07) is 9.60. The second-order valence-corrected chi connectivity index (χ2v) is 4.78. The van der Waals surface area contributed by atoms with Crippen LogP contribution in [0.5, 0.6) is 0 Å². The lowest BCUT2D eigenvalue weighted by atomic mass is 10.2. The van der Waals surface area contributed by atoms with Gasteiger partial charge in [0.25, 0.3) is 0 Å². The molecule has 0 aliphatic rings. The fraction of sp³-hybridized carbons (Fsp3) is 0.154. The van der Waals surface area contributed by atoms with E-state index in [1.165, 1.54) is 11.3 Å². The SMILES string of the molecule is Cc1ncsc1C(O)c1cc2ccccc2o1. The maximum atomic E-state index is 10.2. The molecule has 2 aromatic heterocycles. The average Bonchev–Trinajstić information content (AvgIpc) is 2.93. The van der Waals surface area contributed by atoms with Crippen molar-refractivity contribution in [3.8, 4) is 0 Å². The maximum absolute atomic E-state index is 10.2. The van der Waals surface area contributed by atoms with Crippen LogP contribution in [0.3, 0.4) is 0 Å². The van der Waals surface area contributed by atoms with Crippen molar-refractivity contribution in [2.24, 2.45) is 0 Å². The molecule has 0 amide bonds. The molecule has 0 radical (unpaired) electrons. The number of aliphatic hydroxyl groups is 1. The van der Waals surface area contributed by atoms with Gasteiger partial charge in [-0.15, -0.1) is 11.3 Å². The average molecular weight is 245 g/mol. The molecule has 2 heterocycles. The van der Waals surface area contributed by atoms with Crippen LogP contribution in [0.25, 0.3) is 11.0 Å². The number of fused-ring (bicyclic) bond motifs is 1. The Kier molecular flexibility index (Phi) is 2.46. The highest BCUT2D eigenvalue weighted by Crippen LogP contribution is 2.31. The Balaban J connectivity index is 2.07. The van der Waals surface area contributed by atoms with Gasteiger partial charge in [-0.25, -0.2) is 4.98 Å². The topological polar surface area (TPSA) is 46.3 Å². The van der Waals surface area contributed by atoms with E-state index in [-0.39, 0.29) is 0 Å². The molecule has 0 spiro atoms. The van der Waals surface area contributed by atoms with E-state index in [1.54, 1.807) is 5.51 Å². The molecule has 86 valence electrons. The highest BCUT2D eigenvalue weighted by atomic mass is 32.1. The van der Waals surface area contributed by atoms with Crippen molar-refractivity contribution in [2.75, 3.05) is 0 Å². The van der Waals surface area contributed by atoms with E-state index in [0.717, 1.165) is 21.5 Å². The van der Waals surface area contributed by atoms with Crippen molar-refractivity contribution in [3.05, 3.63) is 52.2 Å². The monoisotopic (exact) mass is 245 g/mol. The summed E-state index contributed by atoms with van der Waals surface area (Å²) in [4.78, 5) is 4.97. The van der Waals surface area contributed by atoms with E-state index < -0.39 is 6.10 Å². The first-order valence-electron chi connectivity index (χ1n) is 5.32. The number of thiazole rings is 1. The molecule has 0 fully saturated rings. The number of rotatable bonds is 2. The lowest BCUT2D eigenvalue weighted by molar-refractivity contribution is 0.195. The minimum absolute atomic E-state index is 0.568. The number of aromatic nitrogens is 1. The van der Waals surface area contributed by atoms with E-state index in [4.69, 9.17) is 4.42 Å². The fourth-order valence-corrected chi connectivity index (χ4v) is 2.63. The minimum Gasteiger partial charge on any atom is -0.458 e. The normalized spacial score (nSPS) is 13.1. The summed E-state index contributed by atoms with van der Waals surface area (Å²) in [5.74, 6) is 0.568. The number of nitrogens with zero attached hydrogens (tertiary/aromatic N) is 1. The van der Waals surface area contributed by atoms with Crippen LogP contribution < -0.4 is 0 Å². The van der Waals surface area contributed by atoms with Crippen molar-refractivity contribution in [2.45, 2.75) is 13.0 Å². The van der Waals surface area contributed by atoms with Crippen LogP contribution in [0.4, 0.5) is 0 Å². The second-order valence-electron chi connectivity index (χ2n) is 3.89. The van der Waals surface area contributed by atoms with E-state index in [1.807, 2.05) is 37.3 Å². The van der Waals surface area contributed by atoms with E-state index in [0.29, 0.717) is 5.76 Å². The molecule has 3 nitrogen and oxygen atoms in total. The van der Waals surface area contributed by atoms with Crippen LogP contribution in [-0.4, -0.2) is 10.1 Å². The van der Waals surface area contributed by atoms with E-state index >= 15 is 0 Å². The smallest absolute Gasteiger partial charge is 0.148 e. The first kappa shape index (κ1) is 10.5. The second kappa shape index (κ2) is 3.98. The van der Waals surface area contributed by atoms with E-state index in [2.05, 4.69) is 4.98 Å². The van der Waals surface area contributed by atoms with Crippen LogP contribution in [0.2, 0.25) is 0 Å². The number of hydrogen-bond acceptors (Lipinski definition) is 4. The quantitative estimate of drug-likeness (QED) is 0.753. The molecule has 1 N–H and O–H groups in total. The molecule has 0 saturated carbocycles. The number of para-hydroxylation sites is 1. The largest absolute Gasteiger partial charge is 0.458 e. The number of aryl methyl sites for hydroxylation is 1. The molecule has 4 heteroatoms. The molecule has 0 bridgehead atoms. The van der Waals surface area contributed by atoms with Gasteiger partial charge in [-0.2, -0.15) is 0 Å². The summed E-state index contributed by atoms with van der Waals surface area (Å²) in [5, 5.41) is 11.2. The lowest BCUT2D eigenvalue weighted by Gasteiger charge is -2.04. The highest BCUT2D eigenvalue weighted by molar-refractivity contribution is 7.09. The summed E-state index contributed by atoms with van der Waals surface area (Å²) in [5.41, 5.74) is 3.38. The highest BCUT2D eigenvalue weighted by Gasteiger charge is 2.19. The van der Waals surface area contributed by atoms with Crippen molar-refractivity contribution < 1.29 is 9.52 Å². The van der Waals surface area contributed by atoms with Gasteiger partial charge in [-0.3, -0.25) is 0 Å².